The first-order valence-corrected chi connectivity index (χ1v) is 9.96. The van der Waals surface area contributed by atoms with Crippen molar-refractivity contribution in [1.29, 1.82) is 0 Å². The van der Waals surface area contributed by atoms with Gasteiger partial charge in [-0.25, -0.2) is 0 Å². The van der Waals surface area contributed by atoms with Gasteiger partial charge in [0.05, 0.1) is 26.2 Å². The van der Waals surface area contributed by atoms with Gasteiger partial charge in [0.25, 0.3) is 0 Å². The Balaban J connectivity index is 1.42. The normalized spacial score (nSPS) is 20.5. The smallest absolute Gasteiger partial charge is 0.225 e. The molecule has 1 aliphatic heterocycles. The van der Waals surface area contributed by atoms with Gasteiger partial charge < -0.3 is 19.7 Å². The molecule has 4 rings (SSSR count). The zero-order valence-corrected chi connectivity index (χ0v) is 16.8. The molecule has 0 bridgehead atoms. The van der Waals surface area contributed by atoms with Crippen LogP contribution in [0.15, 0.2) is 42.5 Å². The van der Waals surface area contributed by atoms with Crippen LogP contribution in [0.5, 0.6) is 11.5 Å². The zero-order chi connectivity index (χ0) is 20.4. The second-order valence-corrected chi connectivity index (χ2v) is 7.67. The van der Waals surface area contributed by atoms with Crippen LogP contribution in [0.25, 0.3) is 0 Å². The van der Waals surface area contributed by atoms with Gasteiger partial charge in [0.15, 0.2) is 11.5 Å². The minimum Gasteiger partial charge on any atom is -0.493 e. The summed E-state index contributed by atoms with van der Waals surface area (Å²) in [6, 6.07) is 13.7. The number of carbonyl (C=O) groups excluding carboxylic acids is 2. The van der Waals surface area contributed by atoms with E-state index in [-0.39, 0.29) is 30.2 Å². The fourth-order valence-corrected chi connectivity index (χ4v) is 4.28. The van der Waals surface area contributed by atoms with E-state index in [1.807, 2.05) is 42.5 Å². The lowest BCUT2D eigenvalue weighted by Gasteiger charge is -2.19. The first-order chi connectivity index (χ1) is 14.1. The molecule has 2 aliphatic rings. The van der Waals surface area contributed by atoms with Crippen LogP contribution >= 0.6 is 0 Å². The number of nitrogens with zero attached hydrogens (tertiary/aromatic N) is 1. The quantitative estimate of drug-likeness (QED) is 0.818. The minimum atomic E-state index is -0.310. The van der Waals surface area contributed by atoms with Crippen molar-refractivity contribution in [2.75, 3.05) is 20.8 Å². The summed E-state index contributed by atoms with van der Waals surface area (Å²) in [6.45, 7) is 1.01. The molecule has 1 fully saturated rings. The van der Waals surface area contributed by atoms with Gasteiger partial charge in [-0.1, -0.05) is 30.3 Å². The van der Waals surface area contributed by atoms with Crippen LogP contribution in [0, 0.1) is 5.92 Å². The number of nitrogens with one attached hydrogen (secondary N) is 1. The van der Waals surface area contributed by atoms with Crippen molar-refractivity contribution in [1.82, 2.24) is 10.2 Å². The van der Waals surface area contributed by atoms with Gasteiger partial charge in [-0.3, -0.25) is 9.59 Å². The summed E-state index contributed by atoms with van der Waals surface area (Å²) in [5, 5.41) is 3.16. The van der Waals surface area contributed by atoms with Crippen molar-refractivity contribution in [2.24, 2.45) is 5.92 Å². The number of rotatable bonds is 6. The summed E-state index contributed by atoms with van der Waals surface area (Å²) in [5.74, 6) is 1.04. The Labute approximate surface area is 170 Å². The number of aryl methyl sites for hydroxylation is 1. The SMILES string of the molecule is COc1cc2c(cc1OC)[C@H](NC(=O)[C@@H]1CC(=O)N(Cc3ccccc3)C1)CC2. The third kappa shape index (κ3) is 3.92. The average molecular weight is 394 g/mol. The number of amides is 2. The van der Waals surface area contributed by atoms with Crippen LogP contribution in [0.1, 0.15) is 35.6 Å². The molecule has 0 saturated carbocycles. The summed E-state index contributed by atoms with van der Waals surface area (Å²) in [4.78, 5) is 27.1. The third-order valence-electron chi connectivity index (χ3n) is 5.84. The molecule has 6 nitrogen and oxygen atoms in total. The topological polar surface area (TPSA) is 67.9 Å². The van der Waals surface area contributed by atoms with E-state index in [0.717, 1.165) is 24.0 Å². The van der Waals surface area contributed by atoms with E-state index in [4.69, 9.17) is 9.47 Å². The molecule has 1 N–H and O–H groups in total. The van der Waals surface area contributed by atoms with Crippen molar-refractivity contribution >= 4 is 11.8 Å². The van der Waals surface area contributed by atoms with Gasteiger partial charge in [0, 0.05) is 19.5 Å². The van der Waals surface area contributed by atoms with E-state index in [2.05, 4.69) is 5.32 Å². The van der Waals surface area contributed by atoms with E-state index in [9.17, 15) is 9.59 Å². The number of hydrogen-bond acceptors (Lipinski definition) is 4. The lowest BCUT2D eigenvalue weighted by molar-refractivity contribution is -0.129. The Morgan fingerprint density at radius 2 is 1.86 bits per heavy atom. The number of hydrogen-bond donors (Lipinski definition) is 1. The Kier molecular flexibility index (Phi) is 5.43. The van der Waals surface area contributed by atoms with Crippen molar-refractivity contribution < 1.29 is 19.1 Å². The van der Waals surface area contributed by atoms with Gasteiger partial charge in [-0.05, 0) is 41.7 Å². The van der Waals surface area contributed by atoms with Gasteiger partial charge in [0.1, 0.15) is 0 Å². The molecule has 1 heterocycles. The summed E-state index contributed by atoms with van der Waals surface area (Å²) < 4.78 is 10.8. The Morgan fingerprint density at radius 1 is 1.14 bits per heavy atom. The van der Waals surface area contributed by atoms with Gasteiger partial charge in [0.2, 0.25) is 11.8 Å². The zero-order valence-electron chi connectivity index (χ0n) is 16.8. The molecule has 1 saturated heterocycles. The molecule has 2 amide bonds. The number of carbonyl (C=O) groups is 2. The van der Waals surface area contributed by atoms with Crippen molar-refractivity contribution in [3.63, 3.8) is 0 Å². The predicted octanol–water partition coefficient (Wildman–Crippen LogP) is 2.86. The van der Waals surface area contributed by atoms with E-state index in [1.54, 1.807) is 19.1 Å². The third-order valence-corrected chi connectivity index (χ3v) is 5.84. The van der Waals surface area contributed by atoms with Crippen molar-refractivity contribution in [2.45, 2.75) is 31.8 Å². The number of methoxy groups -OCH3 is 2. The van der Waals surface area contributed by atoms with Gasteiger partial charge >= 0.3 is 0 Å². The van der Waals surface area contributed by atoms with E-state index >= 15 is 0 Å². The molecule has 0 unspecified atom stereocenters. The molecule has 1 aliphatic carbocycles. The Morgan fingerprint density at radius 3 is 2.59 bits per heavy atom. The average Bonchev–Trinajstić information content (AvgIpc) is 3.30. The first kappa shape index (κ1) is 19.3. The van der Waals surface area contributed by atoms with E-state index in [0.29, 0.717) is 24.6 Å². The van der Waals surface area contributed by atoms with Crippen molar-refractivity contribution in [3.05, 3.63) is 59.2 Å². The first-order valence-electron chi connectivity index (χ1n) is 9.96. The van der Waals surface area contributed by atoms with E-state index < -0.39 is 0 Å². The van der Waals surface area contributed by atoms with Crippen LogP contribution in [0.2, 0.25) is 0 Å². The number of ether oxygens (including phenoxy) is 2. The lowest BCUT2D eigenvalue weighted by Crippen LogP contribution is -2.34. The van der Waals surface area contributed by atoms with Crippen molar-refractivity contribution in [3.8, 4) is 11.5 Å². The summed E-state index contributed by atoms with van der Waals surface area (Å²) in [5.41, 5.74) is 3.32. The molecule has 0 aromatic heterocycles. The van der Waals surface area contributed by atoms with Crippen LogP contribution in [0.3, 0.4) is 0 Å². The van der Waals surface area contributed by atoms with Crippen LogP contribution in [0.4, 0.5) is 0 Å². The number of fused-ring (bicyclic) bond motifs is 1. The molecular weight excluding hydrogens is 368 g/mol. The highest BCUT2D eigenvalue weighted by Crippen LogP contribution is 2.39. The standard InChI is InChI=1S/C23H26N2O4/c1-28-20-10-16-8-9-19(18(16)12-21(20)29-2)24-23(27)17-11-22(26)25(14-17)13-15-6-4-3-5-7-15/h3-7,10,12,17,19H,8-9,11,13-14H2,1-2H3,(H,24,27)/t17-,19-/m1/s1. The second kappa shape index (κ2) is 8.15. The maximum absolute atomic E-state index is 12.9. The molecule has 29 heavy (non-hydrogen) atoms. The molecular formula is C23H26N2O4. The molecule has 6 heteroatoms. The summed E-state index contributed by atoms with van der Waals surface area (Å²) >= 11 is 0. The summed E-state index contributed by atoms with van der Waals surface area (Å²) in [7, 11) is 3.23. The molecule has 0 radical (unpaired) electrons. The van der Waals surface area contributed by atoms with Gasteiger partial charge in [-0.15, -0.1) is 0 Å². The lowest BCUT2D eigenvalue weighted by atomic mass is 10.0. The highest BCUT2D eigenvalue weighted by Gasteiger charge is 2.36. The maximum atomic E-state index is 12.9. The molecule has 2 atom stereocenters. The van der Waals surface area contributed by atoms with Gasteiger partial charge in [-0.2, -0.15) is 0 Å². The molecule has 0 spiro atoms. The largest absolute Gasteiger partial charge is 0.493 e. The molecule has 2 aromatic carbocycles. The van der Waals surface area contributed by atoms with Crippen LogP contribution < -0.4 is 14.8 Å². The predicted molar refractivity (Wildman–Crippen MR) is 109 cm³/mol. The minimum absolute atomic E-state index is 0.0345. The monoisotopic (exact) mass is 394 g/mol. The Hall–Kier alpha value is -3.02. The number of likely N-dealkylation sites (tertiary alicyclic amines) is 1. The second-order valence-electron chi connectivity index (χ2n) is 7.67. The van der Waals surface area contributed by atoms with Crippen LogP contribution in [-0.4, -0.2) is 37.5 Å². The highest BCUT2D eigenvalue weighted by molar-refractivity contribution is 5.89. The summed E-state index contributed by atoms with van der Waals surface area (Å²) in [6.07, 6.45) is 1.99. The van der Waals surface area contributed by atoms with E-state index in [1.165, 1.54) is 5.56 Å². The fourth-order valence-electron chi connectivity index (χ4n) is 4.28. The maximum Gasteiger partial charge on any atom is 0.225 e. The molecule has 152 valence electrons. The fraction of sp³-hybridized carbons (Fsp3) is 0.391. The Bertz CT molecular complexity index is 913. The number of benzene rings is 2. The highest BCUT2D eigenvalue weighted by atomic mass is 16.5. The van der Waals surface area contributed by atoms with Crippen LogP contribution in [-0.2, 0) is 22.6 Å². The molecule has 2 aromatic rings.